The average molecular weight is 438 g/mol. The first-order valence-electron chi connectivity index (χ1n) is 10.9. The number of benzene rings is 3. The molecule has 0 spiro atoms. The predicted molar refractivity (Wildman–Crippen MR) is 126 cm³/mol. The van der Waals surface area contributed by atoms with Crippen LogP contribution >= 0.6 is 11.6 Å². The van der Waals surface area contributed by atoms with Crippen molar-refractivity contribution in [1.82, 2.24) is 0 Å². The Labute approximate surface area is 188 Å². The molecule has 0 saturated carbocycles. The van der Waals surface area contributed by atoms with Crippen LogP contribution in [0.1, 0.15) is 38.7 Å². The minimum atomic E-state index is -0.643. The molecule has 3 aromatic carbocycles. The fraction of sp³-hybridized carbons (Fsp3) is 0.346. The summed E-state index contributed by atoms with van der Waals surface area (Å²) in [7, 11) is 0. The van der Waals surface area contributed by atoms with Crippen molar-refractivity contribution in [2.75, 3.05) is 18.5 Å². The quantitative estimate of drug-likeness (QED) is 0.488. The number of ether oxygens (including phenoxy) is 2. The standard InChI is InChI=1S/C26H28ClNO3/c1-3-18(2)31-24-13-12-23(21-6-4-5-7-22(21)24)28-25(29)26(14-16-30-17-15-26)19-8-10-20(27)11-9-19/h4-13,18H,3,14-17H2,1-2H3,(H,28,29). The summed E-state index contributed by atoms with van der Waals surface area (Å²) in [6.07, 6.45) is 2.32. The van der Waals surface area contributed by atoms with E-state index in [0.29, 0.717) is 31.1 Å². The van der Waals surface area contributed by atoms with E-state index < -0.39 is 5.41 Å². The zero-order valence-electron chi connectivity index (χ0n) is 18.0. The molecule has 31 heavy (non-hydrogen) atoms. The van der Waals surface area contributed by atoms with Gasteiger partial charge in [-0.05, 0) is 56.0 Å². The molecule has 1 aliphatic heterocycles. The molecule has 4 rings (SSSR count). The van der Waals surface area contributed by atoms with Gasteiger partial charge in [0.25, 0.3) is 0 Å². The van der Waals surface area contributed by atoms with Crippen LogP contribution in [0.5, 0.6) is 5.75 Å². The average Bonchev–Trinajstić information content (AvgIpc) is 2.81. The summed E-state index contributed by atoms with van der Waals surface area (Å²) in [6.45, 7) is 5.27. The molecule has 1 amide bonds. The second kappa shape index (κ2) is 9.29. The Morgan fingerprint density at radius 2 is 1.74 bits per heavy atom. The van der Waals surface area contributed by atoms with E-state index in [9.17, 15) is 4.79 Å². The highest BCUT2D eigenvalue weighted by atomic mass is 35.5. The van der Waals surface area contributed by atoms with Crippen LogP contribution in [0, 0.1) is 0 Å². The van der Waals surface area contributed by atoms with E-state index >= 15 is 0 Å². The van der Waals surface area contributed by atoms with Crippen molar-refractivity contribution < 1.29 is 14.3 Å². The Morgan fingerprint density at radius 3 is 2.42 bits per heavy atom. The van der Waals surface area contributed by atoms with E-state index in [2.05, 4.69) is 19.2 Å². The number of carbonyl (C=O) groups excluding carboxylic acids is 1. The first-order valence-corrected chi connectivity index (χ1v) is 11.2. The lowest BCUT2D eigenvalue weighted by atomic mass is 9.73. The van der Waals surface area contributed by atoms with Crippen molar-refractivity contribution >= 4 is 34.0 Å². The number of rotatable bonds is 6. The molecule has 1 N–H and O–H groups in total. The molecule has 4 nitrogen and oxygen atoms in total. The maximum absolute atomic E-state index is 13.7. The van der Waals surface area contributed by atoms with Gasteiger partial charge in [0.2, 0.25) is 5.91 Å². The van der Waals surface area contributed by atoms with E-state index in [1.807, 2.05) is 60.7 Å². The van der Waals surface area contributed by atoms with Gasteiger partial charge in [0.1, 0.15) is 5.75 Å². The summed E-state index contributed by atoms with van der Waals surface area (Å²) in [5.41, 5.74) is 1.12. The van der Waals surface area contributed by atoms with Crippen molar-refractivity contribution in [2.24, 2.45) is 0 Å². The van der Waals surface area contributed by atoms with Crippen LogP contribution in [0.4, 0.5) is 5.69 Å². The maximum Gasteiger partial charge on any atom is 0.235 e. The smallest absolute Gasteiger partial charge is 0.235 e. The third kappa shape index (κ3) is 4.41. The number of halogens is 1. The van der Waals surface area contributed by atoms with Gasteiger partial charge in [-0.1, -0.05) is 54.9 Å². The number of nitrogens with one attached hydrogen (secondary N) is 1. The summed E-state index contributed by atoms with van der Waals surface area (Å²) < 4.78 is 11.7. The fourth-order valence-electron chi connectivity index (χ4n) is 4.16. The van der Waals surface area contributed by atoms with E-state index in [0.717, 1.165) is 34.2 Å². The van der Waals surface area contributed by atoms with E-state index in [-0.39, 0.29) is 12.0 Å². The van der Waals surface area contributed by atoms with Crippen molar-refractivity contribution in [3.63, 3.8) is 0 Å². The van der Waals surface area contributed by atoms with Gasteiger partial charge in [-0.25, -0.2) is 0 Å². The Balaban J connectivity index is 1.69. The van der Waals surface area contributed by atoms with E-state index in [1.165, 1.54) is 0 Å². The molecule has 3 aromatic rings. The summed E-state index contributed by atoms with van der Waals surface area (Å²) in [5, 5.41) is 5.84. The Kier molecular flexibility index (Phi) is 6.49. The van der Waals surface area contributed by atoms with E-state index in [1.54, 1.807) is 0 Å². The highest BCUT2D eigenvalue weighted by Crippen LogP contribution is 2.38. The predicted octanol–water partition coefficient (Wildman–Crippen LogP) is 6.36. The summed E-state index contributed by atoms with van der Waals surface area (Å²) in [5.74, 6) is 0.820. The van der Waals surface area contributed by atoms with Gasteiger partial charge in [0, 0.05) is 34.7 Å². The van der Waals surface area contributed by atoms with Crippen LogP contribution in [-0.2, 0) is 14.9 Å². The van der Waals surface area contributed by atoms with Crippen LogP contribution in [0.3, 0.4) is 0 Å². The molecule has 1 atom stereocenters. The van der Waals surface area contributed by atoms with Crippen molar-refractivity contribution in [2.45, 2.75) is 44.6 Å². The monoisotopic (exact) mass is 437 g/mol. The number of carbonyl (C=O) groups is 1. The van der Waals surface area contributed by atoms with Crippen LogP contribution in [-0.4, -0.2) is 25.2 Å². The van der Waals surface area contributed by atoms with Crippen LogP contribution < -0.4 is 10.1 Å². The lowest BCUT2D eigenvalue weighted by Crippen LogP contribution is -2.44. The molecule has 1 aliphatic rings. The maximum atomic E-state index is 13.7. The first kappa shape index (κ1) is 21.7. The number of amides is 1. The molecule has 162 valence electrons. The molecule has 0 aliphatic carbocycles. The molecule has 1 unspecified atom stereocenters. The molecule has 1 heterocycles. The second-order valence-corrected chi connectivity index (χ2v) is 8.59. The third-order valence-corrected chi connectivity index (χ3v) is 6.47. The molecular weight excluding hydrogens is 410 g/mol. The highest BCUT2D eigenvalue weighted by molar-refractivity contribution is 6.30. The van der Waals surface area contributed by atoms with Gasteiger partial charge < -0.3 is 14.8 Å². The fourth-order valence-corrected chi connectivity index (χ4v) is 4.29. The molecule has 0 radical (unpaired) electrons. The lowest BCUT2D eigenvalue weighted by molar-refractivity contribution is -0.125. The largest absolute Gasteiger partial charge is 0.490 e. The Bertz CT molecular complexity index is 1060. The molecule has 0 bridgehead atoms. The molecule has 1 saturated heterocycles. The number of anilines is 1. The van der Waals surface area contributed by atoms with E-state index in [4.69, 9.17) is 21.1 Å². The highest BCUT2D eigenvalue weighted by Gasteiger charge is 2.41. The number of hydrogen-bond acceptors (Lipinski definition) is 3. The zero-order chi connectivity index (χ0) is 21.8. The topological polar surface area (TPSA) is 47.6 Å². The summed E-state index contributed by atoms with van der Waals surface area (Å²) >= 11 is 6.09. The molecule has 1 fully saturated rings. The zero-order valence-corrected chi connectivity index (χ0v) is 18.7. The lowest BCUT2D eigenvalue weighted by Gasteiger charge is -2.36. The van der Waals surface area contributed by atoms with Crippen molar-refractivity contribution in [1.29, 1.82) is 0 Å². The summed E-state index contributed by atoms with van der Waals surface area (Å²) in [4.78, 5) is 13.7. The van der Waals surface area contributed by atoms with Crippen LogP contribution in [0.2, 0.25) is 5.02 Å². The number of hydrogen-bond donors (Lipinski definition) is 1. The molecule has 5 heteroatoms. The molecular formula is C26H28ClNO3. The third-order valence-electron chi connectivity index (χ3n) is 6.21. The number of fused-ring (bicyclic) bond motifs is 1. The van der Waals surface area contributed by atoms with Gasteiger partial charge in [-0.3, -0.25) is 4.79 Å². The normalized spacial score (nSPS) is 16.6. The van der Waals surface area contributed by atoms with Crippen LogP contribution in [0.25, 0.3) is 10.8 Å². The van der Waals surface area contributed by atoms with Crippen LogP contribution in [0.15, 0.2) is 60.7 Å². The van der Waals surface area contributed by atoms with Gasteiger partial charge in [0.05, 0.1) is 11.5 Å². The Hall–Kier alpha value is -2.56. The second-order valence-electron chi connectivity index (χ2n) is 8.15. The first-order chi connectivity index (χ1) is 15.0. The minimum Gasteiger partial charge on any atom is -0.490 e. The minimum absolute atomic E-state index is 0.0149. The van der Waals surface area contributed by atoms with Crippen molar-refractivity contribution in [3.8, 4) is 5.75 Å². The SMILES string of the molecule is CCC(C)Oc1ccc(NC(=O)C2(c3ccc(Cl)cc3)CCOCC2)c2ccccc12. The Morgan fingerprint density at radius 1 is 1.06 bits per heavy atom. The van der Waals surface area contributed by atoms with Gasteiger partial charge in [-0.2, -0.15) is 0 Å². The van der Waals surface area contributed by atoms with Crippen molar-refractivity contribution in [3.05, 3.63) is 71.2 Å². The van der Waals surface area contributed by atoms with Gasteiger partial charge in [-0.15, -0.1) is 0 Å². The van der Waals surface area contributed by atoms with Gasteiger partial charge in [0.15, 0.2) is 0 Å². The summed E-state index contributed by atoms with van der Waals surface area (Å²) in [6, 6.07) is 19.5. The van der Waals surface area contributed by atoms with Gasteiger partial charge >= 0.3 is 0 Å². The molecule has 0 aromatic heterocycles.